The number of rotatable bonds is 0. The molecule has 0 saturated carbocycles. The molecular weight excluding hydrogens is 296 g/mol. The van der Waals surface area contributed by atoms with E-state index in [-0.39, 0.29) is 31.7 Å². The maximum atomic E-state index is 9.44. The van der Waals surface area contributed by atoms with E-state index in [1.54, 1.807) is 0 Å². The van der Waals surface area contributed by atoms with E-state index in [1.807, 2.05) is 0 Å². The van der Waals surface area contributed by atoms with Crippen LogP contribution in [-0.2, 0) is 29.7 Å². The van der Waals surface area contributed by atoms with Gasteiger partial charge in [-0.05, 0) is 27.7 Å². The van der Waals surface area contributed by atoms with Crippen molar-refractivity contribution in [3.8, 4) is 0 Å². The SMILES string of the molecule is CC(C)=O.CC(C)=O.[Ir]. The maximum absolute atomic E-state index is 9.44. The molecule has 0 aliphatic rings. The van der Waals surface area contributed by atoms with Crippen molar-refractivity contribution < 1.29 is 29.7 Å². The number of carbonyl (C=O) groups is 2. The van der Waals surface area contributed by atoms with Crippen LogP contribution in [0.1, 0.15) is 27.7 Å². The fourth-order valence-electron chi connectivity index (χ4n) is 0. The fraction of sp³-hybridized carbons (Fsp3) is 0.667. The van der Waals surface area contributed by atoms with Gasteiger partial charge in [0.05, 0.1) is 0 Å². The summed E-state index contributed by atoms with van der Waals surface area (Å²) in [7, 11) is 0. The number of hydrogen-bond donors (Lipinski definition) is 0. The first-order valence-corrected chi connectivity index (χ1v) is 2.41. The van der Waals surface area contributed by atoms with Crippen LogP contribution in [0.3, 0.4) is 0 Å². The van der Waals surface area contributed by atoms with Gasteiger partial charge in [0.2, 0.25) is 0 Å². The summed E-state index contributed by atoms with van der Waals surface area (Å²) < 4.78 is 0. The summed E-state index contributed by atoms with van der Waals surface area (Å²) in [4.78, 5) is 18.9. The first kappa shape index (κ1) is 16.0. The van der Waals surface area contributed by atoms with Crippen molar-refractivity contribution in [2.45, 2.75) is 27.7 Å². The van der Waals surface area contributed by atoms with Crippen LogP contribution in [0.4, 0.5) is 0 Å². The third kappa shape index (κ3) is 2530000. The molecule has 0 atom stereocenters. The summed E-state index contributed by atoms with van der Waals surface area (Å²) in [5.41, 5.74) is 0. The number of carbonyl (C=O) groups excluding carboxylic acids is 2. The van der Waals surface area contributed by atoms with Gasteiger partial charge >= 0.3 is 0 Å². The van der Waals surface area contributed by atoms with E-state index >= 15 is 0 Å². The van der Waals surface area contributed by atoms with Gasteiger partial charge in [0.1, 0.15) is 11.6 Å². The van der Waals surface area contributed by atoms with Crippen LogP contribution >= 0.6 is 0 Å². The second kappa shape index (κ2) is 10.9. The predicted octanol–water partition coefficient (Wildman–Crippen LogP) is 1.19. The molecule has 0 fully saturated rings. The number of ketones is 2. The Kier molecular flexibility index (Phi) is 19.3. The summed E-state index contributed by atoms with van der Waals surface area (Å²) in [5, 5.41) is 0. The smallest absolute Gasteiger partial charge is 0.126 e. The molecule has 0 rings (SSSR count). The average molecular weight is 308 g/mol. The molecule has 0 N–H and O–H groups in total. The van der Waals surface area contributed by atoms with E-state index in [0.717, 1.165) is 0 Å². The van der Waals surface area contributed by atoms with E-state index in [1.165, 1.54) is 27.7 Å². The molecule has 0 saturated heterocycles. The van der Waals surface area contributed by atoms with Crippen LogP contribution in [-0.4, -0.2) is 11.6 Å². The van der Waals surface area contributed by atoms with Crippen molar-refractivity contribution in [1.29, 1.82) is 0 Å². The molecule has 0 aromatic rings. The molecule has 3 heteroatoms. The van der Waals surface area contributed by atoms with Crippen LogP contribution in [0.5, 0.6) is 0 Å². The van der Waals surface area contributed by atoms with Gasteiger partial charge in [0.15, 0.2) is 0 Å². The van der Waals surface area contributed by atoms with Gasteiger partial charge < -0.3 is 9.59 Å². The molecule has 1 radical (unpaired) electrons. The molecule has 0 heterocycles. The van der Waals surface area contributed by atoms with Gasteiger partial charge in [-0.15, -0.1) is 0 Å². The first-order chi connectivity index (χ1) is 3.46. The first-order valence-electron chi connectivity index (χ1n) is 2.41. The molecule has 0 aliphatic carbocycles. The van der Waals surface area contributed by atoms with Crippen molar-refractivity contribution in [3.63, 3.8) is 0 Å². The summed E-state index contributed by atoms with van der Waals surface area (Å²) in [5.74, 6) is 0.333. The zero-order chi connectivity index (χ0) is 7.15. The monoisotopic (exact) mass is 309 g/mol. The third-order valence-corrected chi connectivity index (χ3v) is 0. The molecular formula is C6H12IrO2. The molecule has 2 nitrogen and oxygen atoms in total. The topological polar surface area (TPSA) is 34.1 Å². The maximum Gasteiger partial charge on any atom is 0.126 e. The van der Waals surface area contributed by atoms with Crippen LogP contribution < -0.4 is 0 Å². The van der Waals surface area contributed by atoms with Crippen molar-refractivity contribution in [1.82, 2.24) is 0 Å². The summed E-state index contributed by atoms with van der Waals surface area (Å²) >= 11 is 0. The molecule has 57 valence electrons. The van der Waals surface area contributed by atoms with Crippen LogP contribution in [0, 0.1) is 0 Å². The van der Waals surface area contributed by atoms with Crippen molar-refractivity contribution in [2.24, 2.45) is 0 Å². The second-order valence-corrected chi connectivity index (χ2v) is 1.82. The van der Waals surface area contributed by atoms with Crippen molar-refractivity contribution >= 4 is 11.6 Å². The quantitative estimate of drug-likeness (QED) is 0.674. The van der Waals surface area contributed by atoms with Gasteiger partial charge in [0.25, 0.3) is 0 Å². The molecule has 0 aliphatic heterocycles. The van der Waals surface area contributed by atoms with Gasteiger partial charge in [0, 0.05) is 20.1 Å². The Morgan fingerprint density at radius 3 is 0.778 bits per heavy atom. The Morgan fingerprint density at radius 1 is 0.778 bits per heavy atom. The van der Waals surface area contributed by atoms with Gasteiger partial charge in [-0.3, -0.25) is 0 Å². The van der Waals surface area contributed by atoms with Gasteiger partial charge in [-0.2, -0.15) is 0 Å². The predicted molar refractivity (Wildman–Crippen MR) is 32.7 cm³/mol. The summed E-state index contributed by atoms with van der Waals surface area (Å²) in [6, 6.07) is 0. The van der Waals surface area contributed by atoms with Crippen molar-refractivity contribution in [2.75, 3.05) is 0 Å². The molecule has 0 bridgehead atoms. The Labute approximate surface area is 69.4 Å². The fourth-order valence-corrected chi connectivity index (χ4v) is 0. The Bertz CT molecular complexity index is 69.1. The summed E-state index contributed by atoms with van der Waals surface area (Å²) in [6.07, 6.45) is 0. The normalized spacial score (nSPS) is 5.78. The molecule has 0 amide bonds. The van der Waals surface area contributed by atoms with Gasteiger partial charge in [-0.25, -0.2) is 0 Å². The van der Waals surface area contributed by atoms with E-state index in [2.05, 4.69) is 0 Å². The minimum atomic E-state index is 0. The van der Waals surface area contributed by atoms with E-state index < -0.39 is 0 Å². The third-order valence-electron chi connectivity index (χ3n) is 0. The minimum absolute atomic E-state index is 0. The standard InChI is InChI=1S/2C3H6O.Ir/c2*1-3(2)4;/h2*1-2H3;. The van der Waals surface area contributed by atoms with Gasteiger partial charge in [-0.1, -0.05) is 0 Å². The van der Waals surface area contributed by atoms with E-state index in [9.17, 15) is 9.59 Å². The largest absolute Gasteiger partial charge is 0.300 e. The molecule has 0 spiro atoms. The van der Waals surface area contributed by atoms with Crippen molar-refractivity contribution in [3.05, 3.63) is 0 Å². The van der Waals surface area contributed by atoms with Crippen LogP contribution in [0.15, 0.2) is 0 Å². The second-order valence-electron chi connectivity index (χ2n) is 1.82. The Morgan fingerprint density at radius 2 is 0.778 bits per heavy atom. The zero-order valence-corrected chi connectivity index (χ0v) is 8.54. The zero-order valence-electron chi connectivity index (χ0n) is 6.15. The molecule has 0 unspecified atom stereocenters. The Balaban J connectivity index is -0.0000000720. The van der Waals surface area contributed by atoms with E-state index in [0.29, 0.717) is 0 Å². The van der Waals surface area contributed by atoms with Crippen LogP contribution in [0.2, 0.25) is 0 Å². The summed E-state index contributed by atoms with van der Waals surface area (Å²) in [6.45, 7) is 6.11. The van der Waals surface area contributed by atoms with Crippen LogP contribution in [0.25, 0.3) is 0 Å². The van der Waals surface area contributed by atoms with E-state index in [4.69, 9.17) is 0 Å². The minimum Gasteiger partial charge on any atom is -0.300 e. The average Bonchev–Trinajstić information content (AvgIpc) is 1.25. The molecule has 9 heavy (non-hydrogen) atoms. The molecule has 0 aromatic carbocycles. The Hall–Kier alpha value is -0.0106. The molecule has 0 aromatic heterocycles. The number of Topliss-reactive ketones (excluding diaryl/α,β-unsaturated/α-hetero) is 2. The number of hydrogen-bond acceptors (Lipinski definition) is 2.